The van der Waals surface area contributed by atoms with Crippen LogP contribution in [0.1, 0.15) is 26.7 Å². The molecule has 1 aromatic rings. The summed E-state index contributed by atoms with van der Waals surface area (Å²) in [5.74, 6) is -0.144. The maximum absolute atomic E-state index is 11.8. The molecule has 0 spiro atoms. The van der Waals surface area contributed by atoms with Crippen LogP contribution in [0.2, 0.25) is 5.02 Å². The first-order chi connectivity index (χ1) is 11.5. The van der Waals surface area contributed by atoms with Gasteiger partial charge < -0.3 is 15.1 Å². The third-order valence-electron chi connectivity index (χ3n) is 4.17. The van der Waals surface area contributed by atoms with Gasteiger partial charge in [0.25, 0.3) is 5.69 Å². The lowest BCUT2D eigenvalue weighted by Gasteiger charge is -2.35. The lowest BCUT2D eigenvalue weighted by molar-refractivity contribution is -0.384. The number of nitro benzene ring substituents is 1. The molecule has 1 heterocycles. The lowest BCUT2D eigenvalue weighted by atomic mass is 10.2. The maximum atomic E-state index is 11.8. The van der Waals surface area contributed by atoms with Crippen molar-refractivity contribution in [3.05, 3.63) is 27.3 Å². The van der Waals surface area contributed by atoms with Crippen molar-refractivity contribution in [1.29, 1.82) is 0 Å². The molecule has 1 aliphatic heterocycles. The predicted molar refractivity (Wildman–Crippen MR) is 96.0 cm³/mol. The smallest absolute Gasteiger partial charge is 0.294 e. The first-order valence-corrected chi connectivity index (χ1v) is 8.59. The van der Waals surface area contributed by atoms with Gasteiger partial charge in [0.1, 0.15) is 5.69 Å². The molecule has 132 valence electrons. The van der Waals surface area contributed by atoms with E-state index >= 15 is 0 Å². The Hall–Kier alpha value is -1.86. The van der Waals surface area contributed by atoms with E-state index in [4.69, 9.17) is 11.6 Å². The zero-order valence-electron chi connectivity index (χ0n) is 14.0. The number of hydrogen-bond donors (Lipinski definition) is 1. The van der Waals surface area contributed by atoms with Crippen molar-refractivity contribution >= 4 is 34.6 Å². The normalized spacial score (nSPS) is 15.4. The highest BCUT2D eigenvalue weighted by molar-refractivity contribution is 6.34. The summed E-state index contributed by atoms with van der Waals surface area (Å²) < 4.78 is 0. The second-order valence-electron chi connectivity index (χ2n) is 5.80. The SMILES string of the molecule is CCCC(=O)Nc1cc(N2CCN(CC)CC2)c([N+](=O)[O-])cc1Cl. The quantitative estimate of drug-likeness (QED) is 0.627. The Kier molecular flexibility index (Phi) is 6.39. The van der Waals surface area contributed by atoms with E-state index in [1.54, 1.807) is 6.07 Å². The van der Waals surface area contributed by atoms with Crippen LogP contribution in [0.4, 0.5) is 17.1 Å². The molecule has 1 fully saturated rings. The molecule has 24 heavy (non-hydrogen) atoms. The van der Waals surface area contributed by atoms with Crippen LogP contribution in [0.3, 0.4) is 0 Å². The monoisotopic (exact) mass is 354 g/mol. The Morgan fingerprint density at radius 3 is 2.50 bits per heavy atom. The Labute approximate surface area is 146 Å². The number of halogens is 1. The standard InChI is InChI=1S/C16H23ClN4O3/c1-3-5-16(22)18-13-11-14(15(21(23)24)10-12(13)17)20-8-6-19(4-2)7-9-20/h10-11H,3-9H2,1-2H3,(H,18,22). The minimum Gasteiger partial charge on any atom is -0.363 e. The Morgan fingerprint density at radius 1 is 1.29 bits per heavy atom. The first kappa shape index (κ1) is 18.5. The number of hydrogen-bond acceptors (Lipinski definition) is 5. The van der Waals surface area contributed by atoms with Crippen molar-refractivity contribution in [1.82, 2.24) is 4.90 Å². The Balaban J connectivity index is 2.30. The Bertz CT molecular complexity index is 616. The molecular formula is C16H23ClN4O3. The molecule has 0 unspecified atom stereocenters. The number of nitrogens with zero attached hydrogens (tertiary/aromatic N) is 3. The second kappa shape index (κ2) is 8.30. The number of nitrogens with one attached hydrogen (secondary N) is 1. The number of carbonyl (C=O) groups excluding carboxylic acids is 1. The lowest BCUT2D eigenvalue weighted by Crippen LogP contribution is -2.46. The summed E-state index contributed by atoms with van der Waals surface area (Å²) >= 11 is 6.13. The number of rotatable bonds is 6. The van der Waals surface area contributed by atoms with E-state index in [1.165, 1.54) is 6.07 Å². The molecule has 1 aromatic carbocycles. The van der Waals surface area contributed by atoms with Gasteiger partial charge >= 0.3 is 0 Å². The first-order valence-electron chi connectivity index (χ1n) is 8.21. The highest BCUT2D eigenvalue weighted by Crippen LogP contribution is 2.37. The fraction of sp³-hybridized carbons (Fsp3) is 0.562. The third-order valence-corrected chi connectivity index (χ3v) is 4.48. The van der Waals surface area contributed by atoms with Crippen molar-refractivity contribution < 1.29 is 9.72 Å². The molecule has 1 saturated heterocycles. The van der Waals surface area contributed by atoms with Gasteiger partial charge in [-0.15, -0.1) is 0 Å². The summed E-state index contributed by atoms with van der Waals surface area (Å²) in [7, 11) is 0. The summed E-state index contributed by atoms with van der Waals surface area (Å²) in [4.78, 5) is 27.1. The average Bonchev–Trinajstić information content (AvgIpc) is 2.56. The summed E-state index contributed by atoms with van der Waals surface area (Å²) in [6, 6.07) is 2.94. The van der Waals surface area contributed by atoms with Gasteiger partial charge in [-0.1, -0.05) is 25.4 Å². The maximum Gasteiger partial charge on any atom is 0.294 e. The molecule has 2 rings (SSSR count). The van der Waals surface area contributed by atoms with Gasteiger partial charge in [-0.25, -0.2) is 0 Å². The average molecular weight is 355 g/mol. The molecule has 0 atom stereocenters. The Morgan fingerprint density at radius 2 is 1.96 bits per heavy atom. The van der Waals surface area contributed by atoms with Crippen LogP contribution in [0, 0.1) is 10.1 Å². The third kappa shape index (κ3) is 4.36. The van der Waals surface area contributed by atoms with Crippen LogP contribution in [-0.4, -0.2) is 48.5 Å². The van der Waals surface area contributed by atoms with E-state index in [-0.39, 0.29) is 16.6 Å². The van der Waals surface area contributed by atoms with Gasteiger partial charge in [-0.05, 0) is 19.0 Å². The molecule has 1 N–H and O–H groups in total. The topological polar surface area (TPSA) is 78.7 Å². The largest absolute Gasteiger partial charge is 0.363 e. The van der Waals surface area contributed by atoms with Crippen molar-refractivity contribution in [2.75, 3.05) is 42.9 Å². The van der Waals surface area contributed by atoms with E-state index in [9.17, 15) is 14.9 Å². The van der Waals surface area contributed by atoms with Gasteiger partial charge in [0.15, 0.2) is 0 Å². The molecule has 8 heteroatoms. The van der Waals surface area contributed by atoms with E-state index in [2.05, 4.69) is 17.1 Å². The summed E-state index contributed by atoms with van der Waals surface area (Å²) in [5, 5.41) is 14.3. The number of nitro groups is 1. The van der Waals surface area contributed by atoms with Gasteiger partial charge in [0.2, 0.25) is 5.91 Å². The van der Waals surface area contributed by atoms with Crippen LogP contribution in [-0.2, 0) is 4.79 Å². The van der Waals surface area contributed by atoms with E-state index in [1.807, 2.05) is 11.8 Å². The van der Waals surface area contributed by atoms with Crippen LogP contribution < -0.4 is 10.2 Å². The molecule has 0 bridgehead atoms. The van der Waals surface area contributed by atoms with Crippen LogP contribution in [0.25, 0.3) is 0 Å². The zero-order valence-corrected chi connectivity index (χ0v) is 14.8. The van der Waals surface area contributed by atoms with Gasteiger partial charge in [0, 0.05) is 38.7 Å². The van der Waals surface area contributed by atoms with E-state index in [0.29, 0.717) is 30.9 Å². The minimum atomic E-state index is -0.426. The van der Waals surface area contributed by atoms with Crippen molar-refractivity contribution in [3.63, 3.8) is 0 Å². The van der Waals surface area contributed by atoms with Crippen LogP contribution in [0.5, 0.6) is 0 Å². The highest BCUT2D eigenvalue weighted by Gasteiger charge is 2.25. The summed E-state index contributed by atoms with van der Waals surface area (Å²) in [5.41, 5.74) is 0.902. The molecular weight excluding hydrogens is 332 g/mol. The minimum absolute atomic E-state index is 0.0292. The number of likely N-dealkylation sites (N-methyl/N-ethyl adjacent to an activating group) is 1. The number of amides is 1. The van der Waals surface area contributed by atoms with Crippen molar-refractivity contribution in [2.24, 2.45) is 0 Å². The molecule has 1 aliphatic rings. The second-order valence-corrected chi connectivity index (χ2v) is 6.20. The molecule has 7 nitrogen and oxygen atoms in total. The molecule has 0 radical (unpaired) electrons. The van der Waals surface area contributed by atoms with E-state index in [0.717, 1.165) is 26.1 Å². The fourth-order valence-electron chi connectivity index (χ4n) is 2.79. The van der Waals surface area contributed by atoms with Gasteiger partial charge in [0.05, 0.1) is 15.6 Å². The predicted octanol–water partition coefficient (Wildman–Crippen LogP) is 3.13. The summed E-state index contributed by atoms with van der Waals surface area (Å²) in [6.07, 6.45) is 1.11. The number of anilines is 2. The van der Waals surface area contributed by atoms with Crippen molar-refractivity contribution in [2.45, 2.75) is 26.7 Å². The molecule has 0 aliphatic carbocycles. The van der Waals surface area contributed by atoms with Gasteiger partial charge in [-0.3, -0.25) is 14.9 Å². The fourth-order valence-corrected chi connectivity index (χ4v) is 3.00. The molecule has 1 amide bonds. The number of piperazine rings is 1. The van der Waals surface area contributed by atoms with Gasteiger partial charge in [-0.2, -0.15) is 0 Å². The zero-order chi connectivity index (χ0) is 17.7. The summed E-state index contributed by atoms with van der Waals surface area (Å²) in [6.45, 7) is 8.10. The molecule has 0 aromatic heterocycles. The van der Waals surface area contributed by atoms with Crippen molar-refractivity contribution in [3.8, 4) is 0 Å². The number of carbonyl (C=O) groups is 1. The highest BCUT2D eigenvalue weighted by atomic mass is 35.5. The van der Waals surface area contributed by atoms with Crippen LogP contribution >= 0.6 is 11.6 Å². The molecule has 0 saturated carbocycles. The van der Waals surface area contributed by atoms with Crippen LogP contribution in [0.15, 0.2) is 12.1 Å². The van der Waals surface area contributed by atoms with E-state index < -0.39 is 4.92 Å². The number of benzene rings is 1.